The summed E-state index contributed by atoms with van der Waals surface area (Å²) in [5.74, 6) is -4.65. The smallest absolute Gasteiger partial charge is 0.248 e. The molecule has 0 fully saturated rings. The summed E-state index contributed by atoms with van der Waals surface area (Å²) < 4.78 is 42.0. The van der Waals surface area contributed by atoms with Crippen LogP contribution in [-0.2, 0) is 16.0 Å². The van der Waals surface area contributed by atoms with Gasteiger partial charge in [-0.1, -0.05) is 18.2 Å². The highest BCUT2D eigenvalue weighted by atomic mass is 19.1. The van der Waals surface area contributed by atoms with Gasteiger partial charge in [0.1, 0.15) is 17.5 Å². The molecule has 4 aromatic rings. The molecule has 1 aliphatic rings. The van der Waals surface area contributed by atoms with Crippen molar-refractivity contribution in [3.63, 3.8) is 0 Å². The fourth-order valence-corrected chi connectivity index (χ4v) is 4.90. The number of benzene rings is 3. The Morgan fingerprint density at radius 3 is 2.48 bits per heavy atom. The summed E-state index contributed by atoms with van der Waals surface area (Å²) in [4.78, 5) is 42.1. The molecule has 0 saturated heterocycles. The molecule has 1 unspecified atom stereocenters. The van der Waals surface area contributed by atoms with Gasteiger partial charge in [0.25, 0.3) is 0 Å². The molecule has 5 rings (SSSR count). The molecule has 3 aromatic carbocycles. The normalized spacial score (nSPS) is 14.8. The highest BCUT2D eigenvalue weighted by molar-refractivity contribution is 6.05. The molecule has 202 valence electrons. The third-order valence-corrected chi connectivity index (χ3v) is 6.68. The van der Waals surface area contributed by atoms with E-state index in [0.29, 0.717) is 28.1 Å². The van der Waals surface area contributed by atoms with Crippen molar-refractivity contribution in [2.75, 3.05) is 5.32 Å². The fraction of sp³-hybridized carbons (Fsp3) is 0.133. The lowest BCUT2D eigenvalue weighted by Crippen LogP contribution is -2.33. The molecule has 2 heterocycles. The number of rotatable bonds is 8. The number of primary amides is 1. The zero-order valence-electron chi connectivity index (χ0n) is 21.0. The molecule has 7 nitrogen and oxygen atoms in total. The largest absolute Gasteiger partial charge is 0.366 e. The molecule has 1 aromatic heterocycles. The molecule has 0 aliphatic carbocycles. The third-order valence-electron chi connectivity index (χ3n) is 6.68. The lowest BCUT2D eigenvalue weighted by atomic mass is 9.93. The number of anilines is 1. The average molecular weight is 545 g/mol. The van der Waals surface area contributed by atoms with E-state index in [-0.39, 0.29) is 24.0 Å². The Hall–Kier alpha value is -4.99. The van der Waals surface area contributed by atoms with Crippen LogP contribution in [0.25, 0.3) is 11.1 Å². The number of nitrogens with zero attached hydrogens (tertiary/aromatic N) is 1. The first kappa shape index (κ1) is 26.6. The lowest BCUT2D eigenvalue weighted by Gasteiger charge is -2.22. The molecule has 2 atom stereocenters. The van der Waals surface area contributed by atoms with Crippen molar-refractivity contribution in [1.29, 1.82) is 0 Å². The van der Waals surface area contributed by atoms with E-state index in [0.717, 1.165) is 18.2 Å². The molecule has 10 heteroatoms. The quantitative estimate of drug-likeness (QED) is 0.296. The Bertz CT molecular complexity index is 1620. The van der Waals surface area contributed by atoms with Gasteiger partial charge in [-0.15, -0.1) is 0 Å². The molecule has 3 amide bonds. The van der Waals surface area contributed by atoms with E-state index < -0.39 is 47.1 Å². The maximum absolute atomic E-state index is 14.0. The maximum Gasteiger partial charge on any atom is 0.248 e. The van der Waals surface area contributed by atoms with Crippen molar-refractivity contribution in [1.82, 2.24) is 10.3 Å². The van der Waals surface area contributed by atoms with Gasteiger partial charge in [-0.3, -0.25) is 19.4 Å². The van der Waals surface area contributed by atoms with Crippen LogP contribution in [0, 0.1) is 17.5 Å². The Labute approximate surface area is 227 Å². The number of pyridine rings is 1. The minimum atomic E-state index is -0.923. The van der Waals surface area contributed by atoms with Crippen molar-refractivity contribution < 1.29 is 27.6 Å². The van der Waals surface area contributed by atoms with Crippen LogP contribution in [0.15, 0.2) is 79.0 Å². The number of nitrogens with two attached hydrogens (primary N) is 1. The summed E-state index contributed by atoms with van der Waals surface area (Å²) in [6.45, 7) is 0. The van der Waals surface area contributed by atoms with Gasteiger partial charge in [0.2, 0.25) is 17.7 Å². The van der Waals surface area contributed by atoms with Crippen molar-refractivity contribution in [2.45, 2.75) is 24.8 Å². The predicted molar refractivity (Wildman–Crippen MR) is 142 cm³/mol. The summed E-state index contributed by atoms with van der Waals surface area (Å²) in [7, 11) is 0. The van der Waals surface area contributed by atoms with E-state index in [4.69, 9.17) is 5.73 Å². The summed E-state index contributed by atoms with van der Waals surface area (Å²) in [6, 6.07) is 16.0. The van der Waals surface area contributed by atoms with E-state index in [1.54, 1.807) is 36.4 Å². The summed E-state index contributed by atoms with van der Waals surface area (Å²) in [5, 5.41) is 5.49. The van der Waals surface area contributed by atoms with Gasteiger partial charge in [0, 0.05) is 35.5 Å². The highest BCUT2D eigenvalue weighted by Gasteiger charge is 2.33. The van der Waals surface area contributed by atoms with Gasteiger partial charge in [0.05, 0.1) is 17.7 Å². The van der Waals surface area contributed by atoms with Crippen LogP contribution in [-0.4, -0.2) is 22.7 Å². The Morgan fingerprint density at radius 1 is 0.950 bits per heavy atom. The van der Waals surface area contributed by atoms with E-state index in [1.807, 2.05) is 0 Å². The molecule has 4 N–H and O–H groups in total. The van der Waals surface area contributed by atoms with Gasteiger partial charge in [-0.2, -0.15) is 0 Å². The van der Waals surface area contributed by atoms with Gasteiger partial charge < -0.3 is 16.4 Å². The van der Waals surface area contributed by atoms with E-state index in [9.17, 15) is 27.6 Å². The zero-order chi connectivity index (χ0) is 28.4. The molecule has 0 spiro atoms. The van der Waals surface area contributed by atoms with Crippen LogP contribution < -0.4 is 16.4 Å². The number of hydrogen-bond donors (Lipinski definition) is 3. The first-order chi connectivity index (χ1) is 19.2. The van der Waals surface area contributed by atoms with Gasteiger partial charge in [-0.25, -0.2) is 13.2 Å². The minimum Gasteiger partial charge on any atom is -0.366 e. The zero-order valence-corrected chi connectivity index (χ0v) is 21.0. The van der Waals surface area contributed by atoms with Crippen molar-refractivity contribution in [3.8, 4) is 11.1 Å². The Morgan fingerprint density at radius 2 is 1.73 bits per heavy atom. The molecule has 40 heavy (non-hydrogen) atoms. The fourth-order valence-electron chi connectivity index (χ4n) is 4.90. The van der Waals surface area contributed by atoms with Crippen molar-refractivity contribution >= 4 is 23.4 Å². The van der Waals surface area contributed by atoms with Gasteiger partial charge in [-0.05, 0) is 71.6 Å². The van der Waals surface area contributed by atoms with E-state index in [2.05, 4.69) is 15.6 Å². The van der Waals surface area contributed by atoms with E-state index >= 15 is 0 Å². The number of carbonyl (C=O) groups is 3. The SMILES string of the molecule is NC(=O)c1cccc(-c2cccnc2[C@H](Cc2cc(F)cc(F)c2)NC(=O)CC2C(=O)Nc3ccc(F)cc32)c1. The summed E-state index contributed by atoms with van der Waals surface area (Å²) in [5.41, 5.74) is 8.27. The number of hydrogen-bond acceptors (Lipinski definition) is 4. The van der Waals surface area contributed by atoms with Crippen LogP contribution in [0.1, 0.15) is 45.6 Å². The summed E-state index contributed by atoms with van der Waals surface area (Å²) in [6.07, 6.45) is 1.17. The number of nitrogens with one attached hydrogen (secondary N) is 2. The Balaban J connectivity index is 1.50. The topological polar surface area (TPSA) is 114 Å². The van der Waals surface area contributed by atoms with Crippen LogP contribution >= 0.6 is 0 Å². The molecular formula is C30H23F3N4O3. The number of aromatic nitrogens is 1. The number of amides is 3. The van der Waals surface area contributed by atoms with Crippen molar-refractivity contribution in [3.05, 3.63) is 119 Å². The predicted octanol–water partition coefficient (Wildman–Crippen LogP) is 4.79. The standard InChI is InChI=1S/C30H23F3N4O3/c31-19-6-7-25-23(14-19)24(30(40)37-25)15-27(38)36-26(11-16-9-20(32)13-21(33)10-16)28-22(5-2-8-35-28)17-3-1-4-18(12-17)29(34)39/h1-10,12-14,24,26H,11,15H2,(H2,34,39)(H,36,38)(H,37,40)/t24?,26-/m0/s1. The van der Waals surface area contributed by atoms with Crippen LogP contribution in [0.4, 0.5) is 18.9 Å². The average Bonchev–Trinajstić information content (AvgIpc) is 3.21. The summed E-state index contributed by atoms with van der Waals surface area (Å²) >= 11 is 0. The first-order valence-corrected chi connectivity index (χ1v) is 12.4. The van der Waals surface area contributed by atoms with Gasteiger partial charge in [0.15, 0.2) is 0 Å². The number of fused-ring (bicyclic) bond motifs is 1. The third kappa shape index (κ3) is 5.70. The first-order valence-electron chi connectivity index (χ1n) is 12.4. The van der Waals surface area contributed by atoms with E-state index in [1.165, 1.54) is 24.4 Å². The maximum atomic E-state index is 14.0. The van der Waals surface area contributed by atoms with Crippen LogP contribution in [0.3, 0.4) is 0 Å². The van der Waals surface area contributed by atoms with Crippen LogP contribution in [0.5, 0.6) is 0 Å². The molecule has 0 bridgehead atoms. The second-order valence-corrected chi connectivity index (χ2v) is 9.46. The monoisotopic (exact) mass is 544 g/mol. The number of carbonyl (C=O) groups excluding carboxylic acids is 3. The minimum absolute atomic E-state index is 0.0397. The molecule has 0 saturated carbocycles. The second-order valence-electron chi connectivity index (χ2n) is 9.46. The van der Waals surface area contributed by atoms with Crippen molar-refractivity contribution in [2.24, 2.45) is 5.73 Å². The van der Waals surface area contributed by atoms with Crippen LogP contribution in [0.2, 0.25) is 0 Å². The Kier molecular flexibility index (Phi) is 7.33. The molecule has 0 radical (unpaired) electrons. The molecule has 1 aliphatic heterocycles. The second kappa shape index (κ2) is 11.0. The number of halogens is 3. The highest BCUT2D eigenvalue weighted by Crippen LogP contribution is 2.36. The molecular weight excluding hydrogens is 521 g/mol. The lowest BCUT2D eigenvalue weighted by molar-refractivity contribution is -0.125. The van der Waals surface area contributed by atoms with Gasteiger partial charge >= 0.3 is 0 Å².